The van der Waals surface area contributed by atoms with Gasteiger partial charge in [0.2, 0.25) is 0 Å². The molecule has 0 aliphatic rings. The van der Waals surface area contributed by atoms with Crippen LogP contribution in [0.4, 0.5) is 6.01 Å². The molecule has 0 radical (unpaired) electrons. The van der Waals surface area contributed by atoms with Crippen molar-refractivity contribution in [2.45, 2.75) is 6.92 Å². The number of oxazole rings is 1. The quantitative estimate of drug-likeness (QED) is 0.785. The number of aryl methyl sites for hydroxylation is 1. The molecule has 1 N–H and O–H groups in total. The van der Waals surface area contributed by atoms with Gasteiger partial charge in [0, 0.05) is 25.0 Å². The molecule has 0 fully saturated rings. The van der Waals surface area contributed by atoms with Crippen LogP contribution in [0.25, 0.3) is 11.3 Å². The van der Waals surface area contributed by atoms with Crippen LogP contribution >= 0.6 is 0 Å². The van der Waals surface area contributed by atoms with Gasteiger partial charge >= 0.3 is 0 Å². The summed E-state index contributed by atoms with van der Waals surface area (Å²) in [5, 5.41) is 2.86. The van der Waals surface area contributed by atoms with Crippen LogP contribution in [0, 0.1) is 6.92 Å². The number of nitrogens with one attached hydrogen (secondary N) is 1. The highest BCUT2D eigenvalue weighted by atomic mass is 16.4. The molecule has 2 aromatic heterocycles. The minimum absolute atomic E-state index is 0.536. The fourth-order valence-corrected chi connectivity index (χ4v) is 1.27. The van der Waals surface area contributed by atoms with Crippen molar-refractivity contribution in [3.63, 3.8) is 0 Å². The van der Waals surface area contributed by atoms with E-state index in [0.29, 0.717) is 6.01 Å². The van der Waals surface area contributed by atoms with Crippen molar-refractivity contribution in [1.29, 1.82) is 0 Å². The molecule has 0 unspecified atom stereocenters. The van der Waals surface area contributed by atoms with E-state index in [-0.39, 0.29) is 0 Å². The Hall–Kier alpha value is -1.84. The molecule has 0 bridgehead atoms. The molecule has 14 heavy (non-hydrogen) atoms. The van der Waals surface area contributed by atoms with Crippen molar-refractivity contribution in [2.24, 2.45) is 0 Å². The molecule has 0 atom stereocenters. The largest absolute Gasteiger partial charge is 0.423 e. The van der Waals surface area contributed by atoms with Gasteiger partial charge in [0.15, 0.2) is 5.76 Å². The molecular formula is C10H11N3O. The Kier molecular flexibility index (Phi) is 2.18. The van der Waals surface area contributed by atoms with Gasteiger partial charge in [-0.25, -0.2) is 0 Å². The first-order chi connectivity index (χ1) is 6.81. The number of pyridine rings is 1. The zero-order valence-corrected chi connectivity index (χ0v) is 8.11. The number of hydrogen-bond donors (Lipinski definition) is 1. The predicted molar refractivity (Wildman–Crippen MR) is 54.0 cm³/mol. The van der Waals surface area contributed by atoms with E-state index in [4.69, 9.17) is 4.42 Å². The van der Waals surface area contributed by atoms with E-state index in [1.807, 2.05) is 19.1 Å². The van der Waals surface area contributed by atoms with Crippen LogP contribution in [0.2, 0.25) is 0 Å². The van der Waals surface area contributed by atoms with Crippen LogP contribution in [-0.4, -0.2) is 17.0 Å². The van der Waals surface area contributed by atoms with Gasteiger partial charge in [0.1, 0.15) is 0 Å². The lowest BCUT2D eigenvalue weighted by Gasteiger charge is -1.95. The van der Waals surface area contributed by atoms with Crippen LogP contribution in [-0.2, 0) is 0 Å². The maximum atomic E-state index is 5.50. The number of nitrogens with zero attached hydrogens (tertiary/aromatic N) is 2. The average molecular weight is 189 g/mol. The maximum absolute atomic E-state index is 5.50. The van der Waals surface area contributed by atoms with E-state index in [1.54, 1.807) is 19.4 Å². The van der Waals surface area contributed by atoms with Gasteiger partial charge in [-0.1, -0.05) is 0 Å². The molecule has 2 heterocycles. The molecule has 0 aromatic carbocycles. The molecule has 0 saturated heterocycles. The number of hydrogen-bond acceptors (Lipinski definition) is 4. The third kappa shape index (κ3) is 1.46. The van der Waals surface area contributed by atoms with E-state index in [1.165, 1.54) is 0 Å². The summed E-state index contributed by atoms with van der Waals surface area (Å²) in [5.74, 6) is 0.789. The molecule has 0 aliphatic carbocycles. The number of rotatable bonds is 2. The Bertz CT molecular complexity index is 422. The third-order valence-electron chi connectivity index (χ3n) is 1.95. The summed E-state index contributed by atoms with van der Waals surface area (Å²) in [6, 6.07) is 4.33. The number of anilines is 1. The van der Waals surface area contributed by atoms with Gasteiger partial charge in [-0.3, -0.25) is 4.98 Å². The normalized spacial score (nSPS) is 10.1. The smallest absolute Gasteiger partial charge is 0.295 e. The highest BCUT2D eigenvalue weighted by molar-refractivity contribution is 5.60. The first-order valence-corrected chi connectivity index (χ1v) is 4.37. The lowest BCUT2D eigenvalue weighted by atomic mass is 10.2. The van der Waals surface area contributed by atoms with Gasteiger partial charge in [-0.15, -0.1) is 0 Å². The summed E-state index contributed by atoms with van der Waals surface area (Å²) in [7, 11) is 1.78. The molecule has 2 aromatic rings. The van der Waals surface area contributed by atoms with Gasteiger partial charge in [0.05, 0.1) is 5.69 Å². The molecule has 0 saturated carbocycles. The Morgan fingerprint density at radius 3 is 2.57 bits per heavy atom. The van der Waals surface area contributed by atoms with E-state index in [2.05, 4.69) is 15.3 Å². The van der Waals surface area contributed by atoms with Crippen LogP contribution in [0.3, 0.4) is 0 Å². The Labute approximate surface area is 82.0 Å². The van der Waals surface area contributed by atoms with Crippen molar-refractivity contribution in [3.05, 3.63) is 30.2 Å². The van der Waals surface area contributed by atoms with E-state index in [0.717, 1.165) is 17.0 Å². The molecule has 0 spiro atoms. The lowest BCUT2D eigenvalue weighted by Crippen LogP contribution is -1.85. The zero-order chi connectivity index (χ0) is 9.97. The molecule has 0 aliphatic heterocycles. The van der Waals surface area contributed by atoms with E-state index in [9.17, 15) is 0 Å². The summed E-state index contributed by atoms with van der Waals surface area (Å²) in [6.07, 6.45) is 3.46. The summed E-state index contributed by atoms with van der Waals surface area (Å²) < 4.78 is 5.50. The summed E-state index contributed by atoms with van der Waals surface area (Å²) in [4.78, 5) is 8.16. The molecular weight excluding hydrogens is 178 g/mol. The standard InChI is InChI=1S/C10H11N3O/c1-7-9(14-10(11-2)13-7)8-3-5-12-6-4-8/h3-6H,1-2H3,(H,11,13). The van der Waals surface area contributed by atoms with Gasteiger partial charge < -0.3 is 9.73 Å². The molecule has 4 heteroatoms. The van der Waals surface area contributed by atoms with Crippen molar-refractivity contribution < 1.29 is 4.42 Å². The highest BCUT2D eigenvalue weighted by Gasteiger charge is 2.09. The Morgan fingerprint density at radius 1 is 1.29 bits per heavy atom. The SMILES string of the molecule is CNc1nc(C)c(-c2ccncc2)o1. The predicted octanol–water partition coefficient (Wildman–Crippen LogP) is 2.09. The van der Waals surface area contributed by atoms with E-state index >= 15 is 0 Å². The first kappa shape index (κ1) is 8.74. The van der Waals surface area contributed by atoms with Crippen LogP contribution < -0.4 is 5.32 Å². The van der Waals surface area contributed by atoms with Crippen LogP contribution in [0.1, 0.15) is 5.69 Å². The second-order valence-corrected chi connectivity index (χ2v) is 2.92. The van der Waals surface area contributed by atoms with Gasteiger partial charge in [-0.2, -0.15) is 4.98 Å². The second-order valence-electron chi connectivity index (χ2n) is 2.92. The summed E-state index contributed by atoms with van der Waals surface area (Å²) in [6.45, 7) is 1.92. The zero-order valence-electron chi connectivity index (χ0n) is 8.11. The summed E-state index contributed by atoms with van der Waals surface area (Å²) >= 11 is 0. The Balaban J connectivity index is 2.46. The molecule has 0 amide bonds. The molecule has 72 valence electrons. The third-order valence-corrected chi connectivity index (χ3v) is 1.95. The topological polar surface area (TPSA) is 51.0 Å². The number of aromatic nitrogens is 2. The van der Waals surface area contributed by atoms with E-state index < -0.39 is 0 Å². The maximum Gasteiger partial charge on any atom is 0.295 e. The summed E-state index contributed by atoms with van der Waals surface area (Å²) in [5.41, 5.74) is 1.87. The fourth-order valence-electron chi connectivity index (χ4n) is 1.27. The molecule has 2 rings (SSSR count). The Morgan fingerprint density at radius 2 is 2.00 bits per heavy atom. The van der Waals surface area contributed by atoms with Gasteiger partial charge in [-0.05, 0) is 19.1 Å². The van der Waals surface area contributed by atoms with Crippen LogP contribution in [0.15, 0.2) is 28.9 Å². The fraction of sp³-hybridized carbons (Fsp3) is 0.200. The van der Waals surface area contributed by atoms with Gasteiger partial charge in [0.25, 0.3) is 6.01 Å². The minimum Gasteiger partial charge on any atom is -0.423 e. The highest BCUT2D eigenvalue weighted by Crippen LogP contribution is 2.25. The second kappa shape index (κ2) is 3.49. The minimum atomic E-state index is 0.536. The lowest BCUT2D eigenvalue weighted by molar-refractivity contribution is 0.589. The molecule has 4 nitrogen and oxygen atoms in total. The van der Waals surface area contributed by atoms with Crippen molar-refractivity contribution in [2.75, 3.05) is 12.4 Å². The average Bonchev–Trinajstić information content (AvgIpc) is 2.61. The first-order valence-electron chi connectivity index (χ1n) is 4.37. The van der Waals surface area contributed by atoms with Crippen molar-refractivity contribution in [3.8, 4) is 11.3 Å². The van der Waals surface area contributed by atoms with Crippen molar-refractivity contribution in [1.82, 2.24) is 9.97 Å². The van der Waals surface area contributed by atoms with Crippen molar-refractivity contribution >= 4 is 6.01 Å². The monoisotopic (exact) mass is 189 g/mol. The van der Waals surface area contributed by atoms with Crippen LogP contribution in [0.5, 0.6) is 0 Å².